The second-order valence-electron chi connectivity index (χ2n) is 7.11. The Morgan fingerprint density at radius 3 is 2.52 bits per heavy atom. The highest BCUT2D eigenvalue weighted by molar-refractivity contribution is 5.93. The van der Waals surface area contributed by atoms with Crippen molar-refractivity contribution in [1.82, 2.24) is 9.80 Å². The van der Waals surface area contributed by atoms with Crippen LogP contribution in [0.5, 0.6) is 11.5 Å². The summed E-state index contributed by atoms with van der Waals surface area (Å²) in [6, 6.07) is 4.90. The highest BCUT2D eigenvalue weighted by atomic mass is 16.5. The molecule has 2 aromatic rings. The Bertz CT molecular complexity index is 1240. The molecule has 0 aromatic heterocycles. The van der Waals surface area contributed by atoms with Gasteiger partial charge in [-0.2, -0.15) is 0 Å². The van der Waals surface area contributed by atoms with E-state index in [-0.39, 0.29) is 62.4 Å². The Labute approximate surface area is 198 Å². The van der Waals surface area contributed by atoms with E-state index in [0.717, 1.165) is 0 Å². The smallest absolute Gasteiger partial charge is 0.238 e. The van der Waals surface area contributed by atoms with Crippen LogP contribution in [0.3, 0.4) is 0 Å². The number of hydrogen-bond donors (Lipinski definition) is 2. The summed E-state index contributed by atoms with van der Waals surface area (Å²) in [4.78, 5) is 15.7. The number of nitrogens with zero attached hydrogens (tertiary/aromatic N) is 2. The van der Waals surface area contributed by atoms with Crippen LogP contribution in [0, 0.1) is 13.8 Å². The lowest BCUT2D eigenvalue weighted by Crippen LogP contribution is -2.50. The molecule has 0 saturated carbocycles. The van der Waals surface area contributed by atoms with Crippen LogP contribution < -0.4 is 14.8 Å². The van der Waals surface area contributed by atoms with E-state index in [1.54, 1.807) is 18.7 Å². The van der Waals surface area contributed by atoms with Gasteiger partial charge in [-0.3, -0.25) is 14.6 Å². The fraction of sp³-hybridized carbons (Fsp3) is 0.458. The van der Waals surface area contributed by atoms with Gasteiger partial charge in [0.15, 0.2) is 11.5 Å². The van der Waals surface area contributed by atoms with E-state index in [9.17, 15) is 9.90 Å². The summed E-state index contributed by atoms with van der Waals surface area (Å²) in [7, 11) is -2.84. The molecule has 3 rings (SSSR count). The summed E-state index contributed by atoms with van der Waals surface area (Å²) in [6.45, 7) is -1.92. The van der Waals surface area contributed by atoms with Crippen molar-refractivity contribution in [2.24, 2.45) is 0 Å². The van der Waals surface area contributed by atoms with E-state index in [1.807, 2.05) is 0 Å². The Kier molecular flexibility index (Phi) is 4.69. The number of carbonyl (C=O) groups excluding carboxylic acids is 1. The predicted octanol–water partition coefficient (Wildman–Crippen LogP) is 2.31. The second-order valence-corrected chi connectivity index (χ2v) is 7.11. The lowest BCUT2D eigenvalue weighted by Gasteiger charge is -2.35. The van der Waals surface area contributed by atoms with Gasteiger partial charge in [0.2, 0.25) is 5.91 Å². The molecule has 0 radical (unpaired) electrons. The molecule has 1 aliphatic heterocycles. The molecule has 1 saturated heterocycles. The van der Waals surface area contributed by atoms with Gasteiger partial charge in [-0.05, 0) is 37.1 Å². The van der Waals surface area contributed by atoms with E-state index in [2.05, 4.69) is 5.32 Å². The zero-order valence-electron chi connectivity index (χ0n) is 27.5. The molecule has 7 nitrogen and oxygen atoms in total. The number of ether oxygens (including phenoxy) is 2. The van der Waals surface area contributed by atoms with Gasteiger partial charge in [0.05, 0.1) is 24.5 Å². The van der Waals surface area contributed by atoms with Crippen molar-refractivity contribution in [2.75, 3.05) is 58.1 Å². The first-order valence-electron chi connectivity index (χ1n) is 14.8. The molecular formula is C24H33N3O4. The van der Waals surface area contributed by atoms with Crippen LogP contribution in [0.25, 0.3) is 0 Å². The van der Waals surface area contributed by atoms with E-state index in [0.29, 0.717) is 16.8 Å². The lowest BCUT2D eigenvalue weighted by molar-refractivity contribution is -0.117. The number of amides is 1. The van der Waals surface area contributed by atoms with Gasteiger partial charge in [0.25, 0.3) is 0 Å². The summed E-state index contributed by atoms with van der Waals surface area (Å²) in [6.07, 6.45) is -2.31. The van der Waals surface area contributed by atoms with Crippen molar-refractivity contribution in [3.8, 4) is 11.5 Å². The number of nitrogens with one attached hydrogen (secondary N) is 1. The van der Waals surface area contributed by atoms with Crippen LogP contribution in [0.15, 0.2) is 42.4 Å². The molecule has 0 aliphatic carbocycles. The SMILES string of the molecule is [2H]c1c([2H])c(C)c(NC(=O)CN2CCN(C([2H])([2H])C(O)C([2H])([2H])Oc3ccccc3OC([2H])([2H])[2H])CC2)c(C)c1[2H]. The molecule has 168 valence electrons. The second kappa shape index (κ2) is 11.1. The minimum atomic E-state index is -2.98. The summed E-state index contributed by atoms with van der Waals surface area (Å²) in [5.74, 6) is -1.03. The summed E-state index contributed by atoms with van der Waals surface area (Å²) in [5.41, 5.74) is 1.08. The maximum Gasteiger partial charge on any atom is 0.238 e. The molecule has 2 N–H and O–H groups in total. The third-order valence-corrected chi connectivity index (χ3v) is 4.80. The van der Waals surface area contributed by atoms with Crippen molar-refractivity contribution in [1.29, 1.82) is 0 Å². The van der Waals surface area contributed by atoms with Crippen molar-refractivity contribution in [2.45, 2.75) is 20.0 Å². The first-order valence-corrected chi connectivity index (χ1v) is 9.84. The van der Waals surface area contributed by atoms with Crippen LogP contribution >= 0.6 is 0 Å². The molecule has 1 heterocycles. The minimum absolute atomic E-state index is 0.0471. The van der Waals surface area contributed by atoms with Gasteiger partial charge >= 0.3 is 0 Å². The first kappa shape index (κ1) is 13.1. The summed E-state index contributed by atoms with van der Waals surface area (Å²) < 4.78 is 89.0. The van der Waals surface area contributed by atoms with Crippen molar-refractivity contribution < 1.29 is 33.1 Å². The highest BCUT2D eigenvalue weighted by Gasteiger charge is 2.21. The Hall–Kier alpha value is -2.61. The third-order valence-electron chi connectivity index (χ3n) is 4.80. The molecule has 1 fully saturated rings. The number of piperazine rings is 1. The molecule has 1 amide bonds. The van der Waals surface area contributed by atoms with Crippen LogP contribution in [0.1, 0.15) is 24.8 Å². The largest absolute Gasteiger partial charge is 0.493 e. The van der Waals surface area contributed by atoms with Crippen LogP contribution in [0.4, 0.5) is 5.69 Å². The molecule has 7 heteroatoms. The maximum absolute atomic E-state index is 12.7. The van der Waals surface area contributed by atoms with Crippen molar-refractivity contribution in [3.05, 3.63) is 53.5 Å². The number of hydrogen-bond acceptors (Lipinski definition) is 6. The van der Waals surface area contributed by atoms with E-state index in [4.69, 9.17) is 23.2 Å². The molecule has 1 atom stereocenters. The molecule has 0 bridgehead atoms. The van der Waals surface area contributed by atoms with Gasteiger partial charge in [-0.25, -0.2) is 0 Å². The van der Waals surface area contributed by atoms with Crippen LogP contribution in [0.2, 0.25) is 0 Å². The molecule has 2 aromatic carbocycles. The van der Waals surface area contributed by atoms with Gasteiger partial charge in [0.1, 0.15) is 12.7 Å². The van der Waals surface area contributed by atoms with Crippen LogP contribution in [-0.2, 0) is 4.79 Å². The highest BCUT2D eigenvalue weighted by Crippen LogP contribution is 2.25. The van der Waals surface area contributed by atoms with Gasteiger partial charge in [-0.15, -0.1) is 0 Å². The fourth-order valence-electron chi connectivity index (χ4n) is 3.17. The number of carbonyl (C=O) groups is 1. The monoisotopic (exact) mass is 437 g/mol. The van der Waals surface area contributed by atoms with Crippen molar-refractivity contribution >= 4 is 11.6 Å². The number of aliphatic hydroxyl groups excluding tert-OH is 1. The number of para-hydroxylation sites is 3. The van der Waals surface area contributed by atoms with Gasteiger partial charge in [-0.1, -0.05) is 30.3 Å². The number of anilines is 1. The van der Waals surface area contributed by atoms with E-state index in [1.165, 1.54) is 29.2 Å². The summed E-state index contributed by atoms with van der Waals surface area (Å²) in [5, 5.41) is 13.5. The van der Waals surface area contributed by atoms with Gasteiger partial charge < -0.3 is 19.9 Å². The first-order chi connectivity index (χ1) is 18.8. The topological polar surface area (TPSA) is 74.3 Å². The van der Waals surface area contributed by atoms with E-state index >= 15 is 0 Å². The minimum Gasteiger partial charge on any atom is -0.493 e. The van der Waals surface area contributed by atoms with Gasteiger partial charge in [0, 0.05) is 41.1 Å². The molecule has 0 spiro atoms. The molecular weight excluding hydrogens is 394 g/mol. The predicted molar refractivity (Wildman–Crippen MR) is 122 cm³/mol. The fourth-order valence-corrected chi connectivity index (χ4v) is 3.17. The molecule has 31 heavy (non-hydrogen) atoms. The van der Waals surface area contributed by atoms with E-state index < -0.39 is 32.1 Å². The normalized spacial score (nSPS) is 22.0. The lowest BCUT2D eigenvalue weighted by atomic mass is 10.1. The number of aliphatic hydroxyl groups is 1. The van der Waals surface area contributed by atoms with Crippen molar-refractivity contribution in [3.63, 3.8) is 0 Å². The summed E-state index contributed by atoms with van der Waals surface area (Å²) >= 11 is 0. The number of β-amino-alcohol motifs (C(OH)–C–C–N with tert-alkyl or cyclic N) is 1. The quantitative estimate of drug-likeness (QED) is 0.627. The zero-order valence-corrected chi connectivity index (χ0v) is 17.5. The average Bonchev–Trinajstić information content (AvgIpc) is 2.89. The zero-order chi connectivity index (χ0) is 30.9. The number of methoxy groups -OCH3 is 1. The number of rotatable bonds is 9. The molecule has 1 aliphatic rings. The molecule has 1 unspecified atom stereocenters. The standard InChI is InChI=1S/C24H33N3O4/c1-18-7-6-8-19(2)24(18)25-23(29)16-27-13-11-26(12-14-27)15-20(28)17-31-22-10-5-4-9-21(22)30-3/h4-10,20,28H,11-17H2,1-3H3,(H,25,29)/i3D3,6D,7D,8D,15D2,17D2. The maximum atomic E-state index is 12.7. The Balaban J connectivity index is 1.62. The Morgan fingerprint density at radius 1 is 1.19 bits per heavy atom. The third kappa shape index (κ3) is 6.69. The van der Waals surface area contributed by atoms with Crippen LogP contribution in [-0.4, -0.2) is 79.7 Å². The Morgan fingerprint density at radius 2 is 1.84 bits per heavy atom. The average molecular weight is 438 g/mol. The number of benzene rings is 2.